The average Bonchev–Trinajstić information content (AvgIpc) is 3.33. The number of benzene rings is 3. The third kappa shape index (κ3) is 4.59. The molecule has 1 saturated heterocycles. The highest BCUT2D eigenvalue weighted by Gasteiger charge is 2.12. The molecule has 1 aliphatic heterocycles. The second-order valence-electron chi connectivity index (χ2n) is 8.41. The SMILES string of the molecule is O=c1c2ccc(-c3ccc(Cl)cc3)cc2nnn1CCc1ccc(CN2CCCC2)cc1. The predicted octanol–water partition coefficient (Wildman–Crippen LogP) is 4.95. The fourth-order valence-electron chi connectivity index (χ4n) is 4.29. The lowest BCUT2D eigenvalue weighted by molar-refractivity contribution is 0.331. The monoisotopic (exact) mass is 444 g/mol. The molecule has 1 fully saturated rings. The molecule has 0 aliphatic carbocycles. The number of halogens is 1. The second kappa shape index (κ2) is 9.23. The van der Waals surface area contributed by atoms with Crippen molar-refractivity contribution in [3.63, 3.8) is 0 Å². The van der Waals surface area contributed by atoms with Crippen molar-refractivity contribution < 1.29 is 0 Å². The first-order valence-corrected chi connectivity index (χ1v) is 11.5. The number of nitrogens with zero attached hydrogens (tertiary/aromatic N) is 4. The van der Waals surface area contributed by atoms with Crippen LogP contribution in [0.3, 0.4) is 0 Å². The lowest BCUT2D eigenvalue weighted by Crippen LogP contribution is -2.25. The highest BCUT2D eigenvalue weighted by Crippen LogP contribution is 2.23. The molecule has 0 amide bonds. The summed E-state index contributed by atoms with van der Waals surface area (Å²) in [7, 11) is 0. The first-order valence-electron chi connectivity index (χ1n) is 11.1. The van der Waals surface area contributed by atoms with Gasteiger partial charge in [0, 0.05) is 11.6 Å². The molecule has 3 aromatic carbocycles. The molecule has 1 aromatic heterocycles. The summed E-state index contributed by atoms with van der Waals surface area (Å²) in [5.41, 5.74) is 5.04. The third-order valence-electron chi connectivity index (χ3n) is 6.14. The molecule has 0 bridgehead atoms. The molecule has 6 heteroatoms. The molecular formula is C26H25ClN4O. The minimum absolute atomic E-state index is 0.108. The molecular weight excluding hydrogens is 420 g/mol. The van der Waals surface area contributed by atoms with Gasteiger partial charge < -0.3 is 0 Å². The number of aromatic nitrogens is 3. The van der Waals surface area contributed by atoms with Crippen LogP contribution in [0.15, 0.2) is 71.5 Å². The van der Waals surface area contributed by atoms with E-state index in [1.165, 1.54) is 41.7 Å². The van der Waals surface area contributed by atoms with Gasteiger partial charge in [0.2, 0.25) is 0 Å². The van der Waals surface area contributed by atoms with E-state index in [1.54, 1.807) is 0 Å². The molecule has 0 spiro atoms. The zero-order chi connectivity index (χ0) is 21.9. The van der Waals surface area contributed by atoms with Gasteiger partial charge >= 0.3 is 0 Å². The maximum Gasteiger partial charge on any atom is 0.277 e. The number of rotatable bonds is 6. The van der Waals surface area contributed by atoms with Crippen molar-refractivity contribution in [2.75, 3.05) is 13.1 Å². The topological polar surface area (TPSA) is 51.0 Å². The molecule has 162 valence electrons. The summed E-state index contributed by atoms with van der Waals surface area (Å²) in [6.45, 7) is 3.93. The Bertz CT molecular complexity index is 1280. The zero-order valence-corrected chi connectivity index (χ0v) is 18.6. The summed E-state index contributed by atoms with van der Waals surface area (Å²) in [5.74, 6) is 0. The van der Waals surface area contributed by atoms with E-state index >= 15 is 0 Å². The quantitative estimate of drug-likeness (QED) is 0.422. The molecule has 0 unspecified atom stereocenters. The van der Waals surface area contributed by atoms with E-state index < -0.39 is 0 Å². The minimum Gasteiger partial charge on any atom is -0.299 e. The number of aryl methyl sites for hydroxylation is 2. The Morgan fingerprint density at radius 1 is 0.844 bits per heavy atom. The predicted molar refractivity (Wildman–Crippen MR) is 129 cm³/mol. The van der Waals surface area contributed by atoms with Gasteiger partial charge in [-0.05, 0) is 78.9 Å². The Morgan fingerprint density at radius 2 is 1.53 bits per heavy atom. The van der Waals surface area contributed by atoms with Gasteiger partial charge in [-0.25, -0.2) is 4.68 Å². The number of likely N-dealkylation sites (tertiary alicyclic amines) is 1. The van der Waals surface area contributed by atoms with Crippen LogP contribution in [0, 0.1) is 0 Å². The fraction of sp³-hybridized carbons (Fsp3) is 0.269. The largest absolute Gasteiger partial charge is 0.299 e. The van der Waals surface area contributed by atoms with Crippen LogP contribution in [0.5, 0.6) is 0 Å². The minimum atomic E-state index is -0.108. The van der Waals surface area contributed by atoms with Gasteiger partial charge in [-0.3, -0.25) is 9.69 Å². The summed E-state index contributed by atoms with van der Waals surface area (Å²) in [6, 6.07) is 22.0. The van der Waals surface area contributed by atoms with Crippen LogP contribution < -0.4 is 5.56 Å². The molecule has 2 heterocycles. The second-order valence-corrected chi connectivity index (χ2v) is 8.84. The van der Waals surface area contributed by atoms with Gasteiger partial charge in [0.25, 0.3) is 5.56 Å². The first-order chi connectivity index (χ1) is 15.7. The van der Waals surface area contributed by atoms with E-state index in [0.717, 1.165) is 24.1 Å². The summed E-state index contributed by atoms with van der Waals surface area (Å²) in [4.78, 5) is 15.4. The molecule has 0 N–H and O–H groups in total. The first kappa shape index (κ1) is 20.9. The Hall–Kier alpha value is -3.02. The van der Waals surface area contributed by atoms with Crippen LogP contribution in [0.25, 0.3) is 22.0 Å². The van der Waals surface area contributed by atoms with E-state index in [-0.39, 0.29) is 5.56 Å². The summed E-state index contributed by atoms with van der Waals surface area (Å²) < 4.78 is 1.46. The van der Waals surface area contributed by atoms with Gasteiger partial charge in [0.1, 0.15) is 5.52 Å². The molecule has 0 atom stereocenters. The van der Waals surface area contributed by atoms with Crippen molar-refractivity contribution >= 4 is 22.5 Å². The number of fused-ring (bicyclic) bond motifs is 1. The van der Waals surface area contributed by atoms with Gasteiger partial charge in [-0.2, -0.15) is 0 Å². The Labute approximate surface area is 192 Å². The summed E-state index contributed by atoms with van der Waals surface area (Å²) in [6.07, 6.45) is 3.36. The molecule has 5 rings (SSSR count). The number of hydrogen-bond donors (Lipinski definition) is 0. The van der Waals surface area contributed by atoms with Crippen molar-refractivity contribution in [1.82, 2.24) is 19.9 Å². The van der Waals surface area contributed by atoms with Gasteiger partial charge in [-0.1, -0.05) is 59.3 Å². The van der Waals surface area contributed by atoms with E-state index in [9.17, 15) is 4.79 Å². The van der Waals surface area contributed by atoms with Gasteiger partial charge in [0.05, 0.1) is 11.9 Å². The van der Waals surface area contributed by atoms with E-state index in [4.69, 9.17) is 11.6 Å². The lowest BCUT2D eigenvalue weighted by atomic mass is 10.0. The van der Waals surface area contributed by atoms with Crippen LogP contribution in [-0.2, 0) is 19.5 Å². The van der Waals surface area contributed by atoms with E-state index in [1.807, 2.05) is 42.5 Å². The van der Waals surface area contributed by atoms with Crippen molar-refractivity contribution in [1.29, 1.82) is 0 Å². The van der Waals surface area contributed by atoms with Crippen molar-refractivity contribution in [2.45, 2.75) is 32.4 Å². The molecule has 5 nitrogen and oxygen atoms in total. The van der Waals surface area contributed by atoms with Crippen LogP contribution >= 0.6 is 11.6 Å². The Balaban J connectivity index is 1.29. The van der Waals surface area contributed by atoms with Crippen LogP contribution in [-0.4, -0.2) is 33.0 Å². The molecule has 32 heavy (non-hydrogen) atoms. The molecule has 4 aromatic rings. The van der Waals surface area contributed by atoms with Crippen molar-refractivity contribution in [2.24, 2.45) is 0 Å². The van der Waals surface area contributed by atoms with Crippen LogP contribution in [0.4, 0.5) is 0 Å². The van der Waals surface area contributed by atoms with Gasteiger partial charge in [-0.15, -0.1) is 5.10 Å². The maximum atomic E-state index is 12.9. The highest BCUT2D eigenvalue weighted by molar-refractivity contribution is 6.30. The van der Waals surface area contributed by atoms with E-state index in [2.05, 4.69) is 39.5 Å². The highest BCUT2D eigenvalue weighted by atomic mass is 35.5. The van der Waals surface area contributed by atoms with E-state index in [0.29, 0.717) is 22.5 Å². The smallest absolute Gasteiger partial charge is 0.277 e. The summed E-state index contributed by atoms with van der Waals surface area (Å²) in [5, 5.41) is 9.77. The Morgan fingerprint density at radius 3 is 2.28 bits per heavy atom. The fourth-order valence-corrected chi connectivity index (χ4v) is 4.42. The molecule has 0 saturated carbocycles. The summed E-state index contributed by atoms with van der Waals surface area (Å²) >= 11 is 5.98. The lowest BCUT2D eigenvalue weighted by Gasteiger charge is -2.14. The normalized spacial score (nSPS) is 14.3. The van der Waals surface area contributed by atoms with Crippen LogP contribution in [0.1, 0.15) is 24.0 Å². The van der Waals surface area contributed by atoms with Crippen LogP contribution in [0.2, 0.25) is 5.02 Å². The third-order valence-corrected chi connectivity index (χ3v) is 6.39. The number of hydrogen-bond acceptors (Lipinski definition) is 4. The van der Waals surface area contributed by atoms with Crippen molar-refractivity contribution in [3.05, 3.63) is 93.2 Å². The molecule has 0 radical (unpaired) electrons. The molecule has 1 aliphatic rings. The maximum absolute atomic E-state index is 12.9. The van der Waals surface area contributed by atoms with Gasteiger partial charge in [0.15, 0.2) is 0 Å². The average molecular weight is 445 g/mol. The Kier molecular flexibility index (Phi) is 6.02. The zero-order valence-electron chi connectivity index (χ0n) is 17.9. The van der Waals surface area contributed by atoms with Crippen molar-refractivity contribution in [3.8, 4) is 11.1 Å². The standard InChI is InChI=1S/C26H25ClN4O/c27-23-10-7-21(8-11-23)22-9-12-24-25(17-22)28-29-31(26(24)32)16-13-19-3-5-20(6-4-19)18-30-14-1-2-15-30/h3-12,17H,1-2,13-16,18H2.